The summed E-state index contributed by atoms with van der Waals surface area (Å²) in [5.74, 6) is 0. The Hall–Kier alpha value is -2.37. The third-order valence-electron chi connectivity index (χ3n) is 2.79. The zero-order valence-electron chi connectivity index (χ0n) is 10.7. The van der Waals surface area contributed by atoms with Crippen LogP contribution in [0.5, 0.6) is 0 Å². The minimum atomic E-state index is -0.352. The monoisotopic (exact) mass is 260 g/mol. The van der Waals surface area contributed by atoms with Gasteiger partial charge in [-0.15, -0.1) is 0 Å². The molecule has 0 saturated heterocycles. The fourth-order valence-electron chi connectivity index (χ4n) is 1.90. The molecule has 1 N–H and O–H groups in total. The molecule has 0 bridgehead atoms. The molecule has 19 heavy (non-hydrogen) atoms. The standard InChI is InChI=1S/C13H16N4O2/c1-2-6-15-13-11(9-16-8-7-14-10-16)4-3-5-12(13)17(18)19/h3-5,7-8,10,15H,2,6,9H2,1H3. The van der Waals surface area contributed by atoms with Crippen LogP contribution in [0.2, 0.25) is 0 Å². The van der Waals surface area contributed by atoms with Gasteiger partial charge < -0.3 is 9.88 Å². The Bertz CT molecular complexity index is 552. The molecule has 0 aliphatic rings. The summed E-state index contributed by atoms with van der Waals surface area (Å²) in [6.45, 7) is 3.30. The van der Waals surface area contributed by atoms with Gasteiger partial charge in [0.15, 0.2) is 0 Å². The summed E-state index contributed by atoms with van der Waals surface area (Å²) in [4.78, 5) is 14.7. The molecule has 0 atom stereocenters. The molecule has 1 heterocycles. The van der Waals surface area contributed by atoms with Crippen molar-refractivity contribution in [3.8, 4) is 0 Å². The first-order valence-corrected chi connectivity index (χ1v) is 6.18. The van der Waals surface area contributed by atoms with Crippen molar-refractivity contribution in [2.45, 2.75) is 19.9 Å². The highest BCUT2D eigenvalue weighted by Crippen LogP contribution is 2.28. The zero-order valence-corrected chi connectivity index (χ0v) is 10.7. The molecule has 1 aromatic carbocycles. The Labute approximate surface area is 111 Å². The van der Waals surface area contributed by atoms with Crippen LogP contribution in [0.3, 0.4) is 0 Å². The number of aromatic nitrogens is 2. The van der Waals surface area contributed by atoms with E-state index in [1.165, 1.54) is 6.07 Å². The van der Waals surface area contributed by atoms with E-state index in [0.29, 0.717) is 18.8 Å². The Morgan fingerprint density at radius 1 is 1.47 bits per heavy atom. The fourth-order valence-corrected chi connectivity index (χ4v) is 1.90. The van der Waals surface area contributed by atoms with Crippen molar-refractivity contribution in [3.05, 3.63) is 52.6 Å². The van der Waals surface area contributed by atoms with Gasteiger partial charge in [-0.05, 0) is 6.42 Å². The number of hydrogen-bond donors (Lipinski definition) is 1. The molecule has 0 saturated carbocycles. The first-order valence-electron chi connectivity index (χ1n) is 6.18. The van der Waals surface area contributed by atoms with Gasteiger partial charge in [-0.2, -0.15) is 0 Å². The number of nitrogens with zero attached hydrogens (tertiary/aromatic N) is 3. The molecule has 0 amide bonds. The van der Waals surface area contributed by atoms with E-state index >= 15 is 0 Å². The topological polar surface area (TPSA) is 73.0 Å². The lowest BCUT2D eigenvalue weighted by Gasteiger charge is -2.12. The van der Waals surface area contributed by atoms with Crippen molar-refractivity contribution in [3.63, 3.8) is 0 Å². The van der Waals surface area contributed by atoms with Crippen molar-refractivity contribution in [2.75, 3.05) is 11.9 Å². The van der Waals surface area contributed by atoms with Crippen molar-refractivity contribution >= 4 is 11.4 Å². The smallest absolute Gasteiger partial charge is 0.292 e. The van der Waals surface area contributed by atoms with Gasteiger partial charge in [0, 0.05) is 30.6 Å². The molecule has 0 aliphatic heterocycles. The molecule has 6 heteroatoms. The first kappa shape index (κ1) is 13.1. The van der Waals surface area contributed by atoms with Gasteiger partial charge in [-0.25, -0.2) is 4.98 Å². The first-order chi connectivity index (χ1) is 9.22. The van der Waals surface area contributed by atoms with Gasteiger partial charge in [0.1, 0.15) is 5.69 Å². The van der Waals surface area contributed by atoms with Crippen LogP contribution in [-0.2, 0) is 6.54 Å². The number of anilines is 1. The highest BCUT2D eigenvalue weighted by atomic mass is 16.6. The van der Waals surface area contributed by atoms with E-state index in [4.69, 9.17) is 0 Å². The molecule has 0 radical (unpaired) electrons. The van der Waals surface area contributed by atoms with Crippen molar-refractivity contribution < 1.29 is 4.92 Å². The Morgan fingerprint density at radius 2 is 2.32 bits per heavy atom. The molecule has 1 aromatic heterocycles. The van der Waals surface area contributed by atoms with Gasteiger partial charge >= 0.3 is 0 Å². The summed E-state index contributed by atoms with van der Waals surface area (Å²) in [5, 5.41) is 14.2. The molecule has 0 unspecified atom stereocenters. The SMILES string of the molecule is CCCNc1c(Cn2ccnc2)cccc1[N+](=O)[O-]. The second-order valence-corrected chi connectivity index (χ2v) is 4.23. The summed E-state index contributed by atoms with van der Waals surface area (Å²) < 4.78 is 1.89. The number of nitro groups is 1. The van der Waals surface area contributed by atoms with Gasteiger partial charge in [-0.1, -0.05) is 19.1 Å². The summed E-state index contributed by atoms with van der Waals surface area (Å²) in [6, 6.07) is 5.13. The van der Waals surface area contributed by atoms with Crippen LogP contribution in [-0.4, -0.2) is 21.0 Å². The Morgan fingerprint density at radius 3 is 2.95 bits per heavy atom. The molecule has 6 nitrogen and oxygen atoms in total. The number of benzene rings is 1. The van der Waals surface area contributed by atoms with Crippen LogP contribution in [0.4, 0.5) is 11.4 Å². The Balaban J connectivity index is 2.35. The molecule has 0 fully saturated rings. The van der Waals surface area contributed by atoms with Crippen LogP contribution in [0.15, 0.2) is 36.9 Å². The van der Waals surface area contributed by atoms with Gasteiger partial charge in [0.2, 0.25) is 0 Å². The average Bonchev–Trinajstić information content (AvgIpc) is 2.89. The molecule has 100 valence electrons. The van der Waals surface area contributed by atoms with Crippen LogP contribution in [0, 0.1) is 10.1 Å². The highest BCUT2D eigenvalue weighted by Gasteiger charge is 2.16. The lowest BCUT2D eigenvalue weighted by Crippen LogP contribution is -2.08. The van der Waals surface area contributed by atoms with Gasteiger partial charge in [0.05, 0.1) is 17.8 Å². The normalized spacial score (nSPS) is 10.4. The minimum absolute atomic E-state index is 0.117. The van der Waals surface area contributed by atoms with E-state index in [9.17, 15) is 10.1 Å². The molecule has 0 spiro atoms. The number of nitrogens with one attached hydrogen (secondary N) is 1. The summed E-state index contributed by atoms with van der Waals surface area (Å²) in [6.07, 6.45) is 6.14. The number of rotatable bonds is 6. The quantitative estimate of drug-likeness (QED) is 0.640. The maximum absolute atomic E-state index is 11.1. The summed E-state index contributed by atoms with van der Waals surface area (Å²) in [5.41, 5.74) is 1.61. The summed E-state index contributed by atoms with van der Waals surface area (Å²) >= 11 is 0. The van der Waals surface area contributed by atoms with Crippen molar-refractivity contribution in [1.82, 2.24) is 9.55 Å². The van der Waals surface area contributed by atoms with Crippen molar-refractivity contribution in [2.24, 2.45) is 0 Å². The predicted molar refractivity (Wildman–Crippen MR) is 73.2 cm³/mol. The summed E-state index contributed by atoms with van der Waals surface area (Å²) in [7, 11) is 0. The molecule has 2 rings (SSSR count). The van der Waals surface area contributed by atoms with Crippen molar-refractivity contribution in [1.29, 1.82) is 0 Å². The minimum Gasteiger partial charge on any atom is -0.379 e. The second kappa shape index (κ2) is 5.99. The number of imidazole rings is 1. The molecular formula is C13H16N4O2. The van der Waals surface area contributed by atoms with E-state index in [0.717, 1.165) is 12.0 Å². The second-order valence-electron chi connectivity index (χ2n) is 4.23. The van der Waals surface area contributed by atoms with Crippen LogP contribution in [0.25, 0.3) is 0 Å². The maximum Gasteiger partial charge on any atom is 0.292 e. The van der Waals surface area contributed by atoms with E-state index in [-0.39, 0.29) is 10.6 Å². The zero-order chi connectivity index (χ0) is 13.7. The predicted octanol–water partition coefficient (Wildman–Crippen LogP) is 2.66. The molecular weight excluding hydrogens is 244 g/mol. The lowest BCUT2D eigenvalue weighted by molar-refractivity contribution is -0.384. The van der Waals surface area contributed by atoms with Gasteiger partial charge in [-0.3, -0.25) is 10.1 Å². The van der Waals surface area contributed by atoms with Crippen LogP contribution < -0.4 is 5.32 Å². The largest absolute Gasteiger partial charge is 0.379 e. The molecule has 0 aliphatic carbocycles. The van der Waals surface area contributed by atoms with E-state index < -0.39 is 0 Å². The fraction of sp³-hybridized carbons (Fsp3) is 0.308. The third-order valence-corrected chi connectivity index (χ3v) is 2.79. The number of nitro benzene ring substituents is 1. The lowest BCUT2D eigenvalue weighted by atomic mass is 10.1. The van der Waals surface area contributed by atoms with E-state index in [1.54, 1.807) is 18.6 Å². The van der Waals surface area contributed by atoms with Crippen LogP contribution in [0.1, 0.15) is 18.9 Å². The molecule has 2 aromatic rings. The Kier molecular flexibility index (Phi) is 4.12. The van der Waals surface area contributed by atoms with E-state index in [1.807, 2.05) is 23.8 Å². The third kappa shape index (κ3) is 3.09. The number of hydrogen-bond acceptors (Lipinski definition) is 4. The van der Waals surface area contributed by atoms with E-state index in [2.05, 4.69) is 10.3 Å². The van der Waals surface area contributed by atoms with Gasteiger partial charge in [0.25, 0.3) is 5.69 Å². The average molecular weight is 260 g/mol. The number of para-hydroxylation sites is 1. The maximum atomic E-state index is 11.1. The highest BCUT2D eigenvalue weighted by molar-refractivity contribution is 5.66. The van der Waals surface area contributed by atoms with Crippen LogP contribution >= 0.6 is 0 Å².